The zero-order valence-corrected chi connectivity index (χ0v) is 9.45. The van der Waals surface area contributed by atoms with Crippen LogP contribution in [0.3, 0.4) is 0 Å². The van der Waals surface area contributed by atoms with Crippen molar-refractivity contribution in [3.63, 3.8) is 0 Å². The summed E-state index contributed by atoms with van der Waals surface area (Å²) in [5.74, 6) is 0. The van der Waals surface area contributed by atoms with Crippen molar-refractivity contribution in [2.45, 2.75) is 39.2 Å². The first-order valence-corrected chi connectivity index (χ1v) is 5.44. The average molecular weight is 195 g/mol. The van der Waals surface area contributed by atoms with Gasteiger partial charge in [-0.15, -0.1) is 0 Å². The molecule has 3 nitrogen and oxygen atoms in total. The lowest BCUT2D eigenvalue weighted by molar-refractivity contribution is 0.510. The number of aryl methyl sites for hydroxylation is 2. The molecule has 0 radical (unpaired) electrons. The minimum absolute atomic E-state index is 0.628. The maximum atomic E-state index is 4.35. The molecule has 14 heavy (non-hydrogen) atoms. The molecule has 1 unspecified atom stereocenters. The SMILES string of the molecule is CCNC(C)CCCc1ccn(C)n1. The molecule has 1 aromatic rings. The molecule has 0 bridgehead atoms. The van der Waals surface area contributed by atoms with Gasteiger partial charge in [0, 0.05) is 19.3 Å². The highest BCUT2D eigenvalue weighted by molar-refractivity contribution is 4.98. The molecule has 0 aliphatic heterocycles. The van der Waals surface area contributed by atoms with Crippen LogP contribution >= 0.6 is 0 Å². The second-order valence-electron chi connectivity index (χ2n) is 3.83. The van der Waals surface area contributed by atoms with Crippen molar-refractivity contribution in [1.29, 1.82) is 0 Å². The molecule has 0 aliphatic rings. The van der Waals surface area contributed by atoms with Crippen molar-refractivity contribution in [3.05, 3.63) is 18.0 Å². The molecular weight excluding hydrogens is 174 g/mol. The molecule has 0 saturated carbocycles. The summed E-state index contributed by atoms with van der Waals surface area (Å²) in [5.41, 5.74) is 1.20. The Labute approximate surface area is 86.5 Å². The van der Waals surface area contributed by atoms with Gasteiger partial charge in [-0.25, -0.2) is 0 Å². The second kappa shape index (κ2) is 5.81. The Kier molecular flexibility index (Phi) is 4.66. The van der Waals surface area contributed by atoms with Gasteiger partial charge < -0.3 is 5.32 Å². The Hall–Kier alpha value is -0.830. The number of nitrogens with one attached hydrogen (secondary N) is 1. The van der Waals surface area contributed by atoms with E-state index in [1.165, 1.54) is 18.5 Å². The molecule has 3 heteroatoms. The molecule has 80 valence electrons. The van der Waals surface area contributed by atoms with Crippen LogP contribution in [0.2, 0.25) is 0 Å². The number of nitrogens with zero attached hydrogens (tertiary/aromatic N) is 2. The van der Waals surface area contributed by atoms with E-state index in [1.54, 1.807) is 0 Å². The van der Waals surface area contributed by atoms with Gasteiger partial charge in [-0.1, -0.05) is 6.92 Å². The van der Waals surface area contributed by atoms with E-state index in [0.717, 1.165) is 13.0 Å². The van der Waals surface area contributed by atoms with Gasteiger partial charge in [-0.05, 0) is 38.8 Å². The third-order valence-electron chi connectivity index (χ3n) is 2.39. The van der Waals surface area contributed by atoms with Gasteiger partial charge >= 0.3 is 0 Å². The summed E-state index contributed by atoms with van der Waals surface area (Å²) < 4.78 is 1.86. The second-order valence-corrected chi connectivity index (χ2v) is 3.83. The Morgan fingerprint density at radius 3 is 2.93 bits per heavy atom. The number of hydrogen-bond acceptors (Lipinski definition) is 2. The summed E-state index contributed by atoms with van der Waals surface area (Å²) in [4.78, 5) is 0. The first-order valence-electron chi connectivity index (χ1n) is 5.44. The monoisotopic (exact) mass is 195 g/mol. The molecular formula is C11H21N3. The predicted molar refractivity (Wildman–Crippen MR) is 59.3 cm³/mol. The van der Waals surface area contributed by atoms with Crippen LogP contribution in [-0.4, -0.2) is 22.4 Å². The molecule has 1 aromatic heterocycles. The summed E-state index contributed by atoms with van der Waals surface area (Å²) in [5, 5.41) is 7.76. The van der Waals surface area contributed by atoms with Gasteiger partial charge in [0.15, 0.2) is 0 Å². The van der Waals surface area contributed by atoms with Gasteiger partial charge in [0.25, 0.3) is 0 Å². The van der Waals surface area contributed by atoms with Crippen LogP contribution in [0.4, 0.5) is 0 Å². The van der Waals surface area contributed by atoms with Crippen molar-refractivity contribution in [1.82, 2.24) is 15.1 Å². The smallest absolute Gasteiger partial charge is 0.0624 e. The average Bonchev–Trinajstić information content (AvgIpc) is 2.52. The normalized spacial score (nSPS) is 13.1. The fourth-order valence-corrected chi connectivity index (χ4v) is 1.64. The van der Waals surface area contributed by atoms with Crippen molar-refractivity contribution < 1.29 is 0 Å². The maximum Gasteiger partial charge on any atom is 0.0624 e. The maximum absolute atomic E-state index is 4.35. The van der Waals surface area contributed by atoms with E-state index in [9.17, 15) is 0 Å². The lowest BCUT2D eigenvalue weighted by atomic mass is 10.1. The highest BCUT2D eigenvalue weighted by Gasteiger charge is 2.01. The standard InChI is InChI=1S/C11H21N3/c1-4-12-10(2)6-5-7-11-8-9-14(3)13-11/h8-10,12H,4-7H2,1-3H3. The fraction of sp³-hybridized carbons (Fsp3) is 0.727. The zero-order valence-electron chi connectivity index (χ0n) is 9.45. The molecule has 0 amide bonds. The van der Waals surface area contributed by atoms with Gasteiger partial charge in [0.2, 0.25) is 0 Å². The summed E-state index contributed by atoms with van der Waals surface area (Å²) in [6.07, 6.45) is 5.54. The van der Waals surface area contributed by atoms with Crippen LogP contribution in [0, 0.1) is 0 Å². The van der Waals surface area contributed by atoms with E-state index >= 15 is 0 Å². The lowest BCUT2D eigenvalue weighted by Crippen LogP contribution is -2.25. The van der Waals surface area contributed by atoms with Crippen LogP contribution in [0.25, 0.3) is 0 Å². The van der Waals surface area contributed by atoms with Crippen molar-refractivity contribution >= 4 is 0 Å². The molecule has 0 aliphatic carbocycles. The van der Waals surface area contributed by atoms with Crippen molar-refractivity contribution in [3.8, 4) is 0 Å². The molecule has 1 N–H and O–H groups in total. The molecule has 0 saturated heterocycles. The lowest BCUT2D eigenvalue weighted by Gasteiger charge is -2.10. The highest BCUT2D eigenvalue weighted by Crippen LogP contribution is 2.03. The molecule has 1 rings (SSSR count). The van der Waals surface area contributed by atoms with Gasteiger partial charge in [-0.2, -0.15) is 5.10 Å². The molecule has 1 atom stereocenters. The Balaban J connectivity index is 2.15. The summed E-state index contributed by atoms with van der Waals surface area (Å²) >= 11 is 0. The van der Waals surface area contributed by atoms with Gasteiger partial charge in [0.1, 0.15) is 0 Å². The zero-order chi connectivity index (χ0) is 10.4. The van der Waals surface area contributed by atoms with E-state index in [-0.39, 0.29) is 0 Å². The van der Waals surface area contributed by atoms with Crippen molar-refractivity contribution in [2.75, 3.05) is 6.54 Å². The minimum atomic E-state index is 0.628. The summed E-state index contributed by atoms with van der Waals surface area (Å²) in [7, 11) is 1.96. The molecule has 0 spiro atoms. The minimum Gasteiger partial charge on any atom is -0.315 e. The third-order valence-corrected chi connectivity index (χ3v) is 2.39. The van der Waals surface area contributed by atoms with E-state index < -0.39 is 0 Å². The number of hydrogen-bond donors (Lipinski definition) is 1. The summed E-state index contributed by atoms with van der Waals surface area (Å²) in [6.45, 7) is 5.45. The first-order chi connectivity index (χ1) is 6.72. The fourth-order valence-electron chi connectivity index (χ4n) is 1.64. The van der Waals surface area contributed by atoms with Gasteiger partial charge in [0.05, 0.1) is 5.69 Å². The predicted octanol–water partition coefficient (Wildman–Crippen LogP) is 1.74. The van der Waals surface area contributed by atoms with E-state index in [2.05, 4.69) is 30.3 Å². The van der Waals surface area contributed by atoms with Crippen LogP contribution in [0.1, 0.15) is 32.4 Å². The Morgan fingerprint density at radius 2 is 2.36 bits per heavy atom. The summed E-state index contributed by atoms with van der Waals surface area (Å²) in [6, 6.07) is 2.72. The van der Waals surface area contributed by atoms with Crippen LogP contribution in [0.15, 0.2) is 12.3 Å². The Morgan fingerprint density at radius 1 is 1.57 bits per heavy atom. The largest absolute Gasteiger partial charge is 0.315 e. The Bertz CT molecular complexity index is 255. The third kappa shape index (κ3) is 3.92. The van der Waals surface area contributed by atoms with E-state index in [1.807, 2.05) is 17.9 Å². The number of rotatable bonds is 6. The van der Waals surface area contributed by atoms with Crippen molar-refractivity contribution in [2.24, 2.45) is 7.05 Å². The number of aromatic nitrogens is 2. The topological polar surface area (TPSA) is 29.9 Å². The highest BCUT2D eigenvalue weighted by atomic mass is 15.2. The quantitative estimate of drug-likeness (QED) is 0.749. The van der Waals surface area contributed by atoms with Crippen LogP contribution in [-0.2, 0) is 13.5 Å². The first kappa shape index (κ1) is 11.2. The van der Waals surface area contributed by atoms with E-state index in [4.69, 9.17) is 0 Å². The molecule has 1 heterocycles. The van der Waals surface area contributed by atoms with Crippen LogP contribution < -0.4 is 5.32 Å². The van der Waals surface area contributed by atoms with Crippen LogP contribution in [0.5, 0.6) is 0 Å². The van der Waals surface area contributed by atoms with E-state index in [0.29, 0.717) is 6.04 Å². The molecule has 0 aromatic carbocycles. The molecule has 0 fully saturated rings. The van der Waals surface area contributed by atoms with Gasteiger partial charge in [-0.3, -0.25) is 4.68 Å².